The number of amidine groups is 1. The molecule has 2 aromatic rings. The molecule has 1 heterocycles. The number of benzene rings is 2. The molecule has 1 amide bonds. The maximum atomic E-state index is 12.4. The molecule has 0 aliphatic carbocycles. The summed E-state index contributed by atoms with van der Waals surface area (Å²) in [5, 5.41) is 12.6. The molecule has 1 aliphatic heterocycles. The van der Waals surface area contributed by atoms with Gasteiger partial charge in [-0.05, 0) is 83.2 Å². The van der Waals surface area contributed by atoms with Crippen LogP contribution in [0.4, 0.5) is 5.69 Å². The van der Waals surface area contributed by atoms with Crippen molar-refractivity contribution in [2.45, 2.75) is 6.92 Å². The molecule has 0 radical (unpaired) electrons. The number of nitrogens with one attached hydrogen (secondary N) is 1. The highest BCUT2D eigenvalue weighted by atomic mass is 127. The van der Waals surface area contributed by atoms with Gasteiger partial charge in [0, 0.05) is 5.02 Å². The summed E-state index contributed by atoms with van der Waals surface area (Å²) in [5.41, 5.74) is 1.35. The summed E-state index contributed by atoms with van der Waals surface area (Å²) in [6, 6.07) is 10.5. The number of amides is 1. The third-order valence-electron chi connectivity index (χ3n) is 3.66. The van der Waals surface area contributed by atoms with Gasteiger partial charge in [0.25, 0.3) is 5.91 Å². The number of hydrogen-bond donors (Lipinski definition) is 2. The average Bonchev–Trinajstić information content (AvgIpc) is 3.00. The number of thioether (sulfide) groups is 1. The highest BCUT2D eigenvalue weighted by Gasteiger charge is 2.24. The van der Waals surface area contributed by atoms with Crippen molar-refractivity contribution in [3.05, 3.63) is 55.5 Å². The first kappa shape index (κ1) is 22.4. The van der Waals surface area contributed by atoms with Crippen molar-refractivity contribution in [3.63, 3.8) is 0 Å². The lowest BCUT2D eigenvalue weighted by Gasteiger charge is -2.13. The van der Waals surface area contributed by atoms with E-state index in [1.807, 2.05) is 29.5 Å². The van der Waals surface area contributed by atoms with Crippen LogP contribution in [0.15, 0.2) is 46.3 Å². The lowest BCUT2D eigenvalue weighted by molar-refractivity contribution is -0.139. The fourth-order valence-electron chi connectivity index (χ4n) is 2.50. The highest BCUT2D eigenvalue weighted by Crippen LogP contribution is 2.36. The van der Waals surface area contributed by atoms with Gasteiger partial charge < -0.3 is 19.9 Å². The third-order valence-corrected chi connectivity index (χ3v) is 5.61. The summed E-state index contributed by atoms with van der Waals surface area (Å²) in [6.45, 7) is 1.72. The molecular formula is C20H16ClIN2O5S. The summed E-state index contributed by atoms with van der Waals surface area (Å²) < 4.78 is 11.6. The molecule has 0 aromatic heterocycles. The molecule has 156 valence electrons. The molecule has 1 saturated heterocycles. The minimum atomic E-state index is -1.08. The van der Waals surface area contributed by atoms with E-state index in [1.54, 1.807) is 42.5 Å². The van der Waals surface area contributed by atoms with Gasteiger partial charge in [0.2, 0.25) is 0 Å². The number of carbonyl (C=O) groups excluding carboxylic acids is 1. The van der Waals surface area contributed by atoms with Gasteiger partial charge in [-0.2, -0.15) is 0 Å². The van der Waals surface area contributed by atoms with Gasteiger partial charge >= 0.3 is 5.97 Å². The molecule has 30 heavy (non-hydrogen) atoms. The van der Waals surface area contributed by atoms with E-state index in [0.717, 1.165) is 0 Å². The predicted molar refractivity (Wildman–Crippen MR) is 126 cm³/mol. The van der Waals surface area contributed by atoms with Crippen LogP contribution in [0.25, 0.3) is 6.08 Å². The van der Waals surface area contributed by atoms with Crippen LogP contribution >= 0.6 is 46.0 Å². The molecule has 0 unspecified atom stereocenters. The van der Waals surface area contributed by atoms with Crippen molar-refractivity contribution in [2.75, 3.05) is 13.2 Å². The monoisotopic (exact) mass is 558 g/mol. The van der Waals surface area contributed by atoms with Crippen LogP contribution in [0.1, 0.15) is 12.5 Å². The third kappa shape index (κ3) is 5.89. The number of nitrogens with zero attached hydrogens (tertiary/aromatic N) is 1. The summed E-state index contributed by atoms with van der Waals surface area (Å²) in [5.74, 6) is -0.576. The number of carboxylic acid groups (broad SMARTS) is 1. The van der Waals surface area contributed by atoms with Crippen LogP contribution in [0.3, 0.4) is 0 Å². The summed E-state index contributed by atoms with van der Waals surface area (Å²) in [4.78, 5) is 28.0. The van der Waals surface area contributed by atoms with E-state index in [2.05, 4.69) is 10.3 Å². The van der Waals surface area contributed by atoms with E-state index < -0.39 is 12.6 Å². The summed E-state index contributed by atoms with van der Waals surface area (Å²) in [7, 11) is 0. The zero-order valence-electron chi connectivity index (χ0n) is 15.6. The van der Waals surface area contributed by atoms with Crippen molar-refractivity contribution in [1.82, 2.24) is 5.32 Å². The molecule has 7 nitrogen and oxygen atoms in total. The number of hydrogen-bond acceptors (Lipinski definition) is 6. The average molecular weight is 559 g/mol. The standard InChI is InChI=1S/C20H16ClIN2O5S/c1-2-28-15-7-11(6-14(22)18(15)29-10-17(25)26)8-16-19(27)24-20(30-16)23-13-5-3-4-12(21)9-13/h3-9H,2,10H2,1H3,(H,25,26)(H,23,24,27)/b16-8+. The summed E-state index contributed by atoms with van der Waals surface area (Å²) in [6.07, 6.45) is 1.71. The largest absolute Gasteiger partial charge is 0.490 e. The molecule has 1 fully saturated rings. The van der Waals surface area contributed by atoms with Crippen molar-refractivity contribution in [2.24, 2.45) is 4.99 Å². The first-order valence-corrected chi connectivity index (χ1v) is 11.0. The van der Waals surface area contributed by atoms with Crippen LogP contribution in [0.5, 0.6) is 11.5 Å². The zero-order chi connectivity index (χ0) is 21.7. The Morgan fingerprint density at radius 2 is 2.13 bits per heavy atom. The van der Waals surface area contributed by atoms with Crippen LogP contribution in [0.2, 0.25) is 5.02 Å². The maximum absolute atomic E-state index is 12.4. The SMILES string of the molecule is CCOc1cc(/C=C2/SC(=Nc3cccc(Cl)c3)NC2=O)cc(I)c1OCC(=O)O. The Balaban J connectivity index is 1.86. The molecule has 2 aromatic carbocycles. The van der Waals surface area contributed by atoms with Gasteiger partial charge in [-0.1, -0.05) is 17.7 Å². The Morgan fingerprint density at radius 3 is 2.83 bits per heavy atom. The number of carbonyl (C=O) groups is 2. The van der Waals surface area contributed by atoms with Crippen LogP contribution in [-0.2, 0) is 9.59 Å². The second kappa shape index (κ2) is 10.2. The Kier molecular flexibility index (Phi) is 7.62. The van der Waals surface area contributed by atoms with Crippen LogP contribution in [0, 0.1) is 3.57 Å². The molecule has 0 bridgehead atoms. The molecule has 1 aliphatic rings. The molecule has 3 rings (SSSR count). The van der Waals surface area contributed by atoms with Gasteiger partial charge in [0.1, 0.15) is 0 Å². The Bertz CT molecular complexity index is 1060. The fraction of sp³-hybridized carbons (Fsp3) is 0.150. The van der Waals surface area contributed by atoms with E-state index in [0.29, 0.717) is 48.0 Å². The number of ether oxygens (including phenoxy) is 2. The topological polar surface area (TPSA) is 97.2 Å². The zero-order valence-corrected chi connectivity index (χ0v) is 19.4. The van der Waals surface area contributed by atoms with E-state index >= 15 is 0 Å². The number of aliphatic imine (C=N–C) groups is 1. The molecule has 0 atom stereocenters. The van der Waals surface area contributed by atoms with Gasteiger partial charge in [0.05, 0.1) is 20.8 Å². The van der Waals surface area contributed by atoms with Gasteiger partial charge in [-0.15, -0.1) is 0 Å². The van der Waals surface area contributed by atoms with Crippen LogP contribution in [-0.4, -0.2) is 35.4 Å². The van der Waals surface area contributed by atoms with Crippen LogP contribution < -0.4 is 14.8 Å². The van der Waals surface area contributed by atoms with Gasteiger partial charge in [0.15, 0.2) is 23.3 Å². The lowest BCUT2D eigenvalue weighted by atomic mass is 10.2. The normalized spacial score (nSPS) is 16.0. The molecule has 0 saturated carbocycles. The fourth-order valence-corrected chi connectivity index (χ4v) is 4.31. The first-order valence-electron chi connectivity index (χ1n) is 8.71. The Hall–Kier alpha value is -2.24. The Labute approximate surface area is 195 Å². The number of aliphatic carboxylic acids is 1. The molecule has 10 heteroatoms. The van der Waals surface area contributed by atoms with Crippen molar-refractivity contribution < 1.29 is 24.2 Å². The molecular weight excluding hydrogens is 543 g/mol. The Morgan fingerprint density at radius 1 is 1.33 bits per heavy atom. The highest BCUT2D eigenvalue weighted by molar-refractivity contribution is 14.1. The lowest BCUT2D eigenvalue weighted by Crippen LogP contribution is -2.19. The number of rotatable bonds is 7. The second-order valence-electron chi connectivity index (χ2n) is 5.91. The smallest absolute Gasteiger partial charge is 0.341 e. The van der Waals surface area contributed by atoms with E-state index in [4.69, 9.17) is 26.2 Å². The van der Waals surface area contributed by atoms with Crippen molar-refractivity contribution in [3.8, 4) is 11.5 Å². The van der Waals surface area contributed by atoms with Crippen molar-refractivity contribution >= 4 is 74.8 Å². The minimum absolute atomic E-state index is 0.264. The first-order chi connectivity index (χ1) is 14.4. The predicted octanol–water partition coefficient (Wildman–Crippen LogP) is 4.70. The second-order valence-corrected chi connectivity index (χ2v) is 8.54. The maximum Gasteiger partial charge on any atom is 0.341 e. The van der Waals surface area contributed by atoms with Crippen molar-refractivity contribution in [1.29, 1.82) is 0 Å². The molecule has 2 N–H and O–H groups in total. The molecule has 0 spiro atoms. The van der Waals surface area contributed by atoms with E-state index in [9.17, 15) is 9.59 Å². The van der Waals surface area contributed by atoms with Gasteiger partial charge in [-0.3, -0.25) is 4.79 Å². The number of halogens is 2. The van der Waals surface area contributed by atoms with E-state index in [-0.39, 0.29) is 5.91 Å². The number of carboxylic acids is 1. The van der Waals surface area contributed by atoms with E-state index in [1.165, 1.54) is 11.8 Å². The summed E-state index contributed by atoms with van der Waals surface area (Å²) >= 11 is 9.23. The quantitative estimate of drug-likeness (QED) is 0.378. The minimum Gasteiger partial charge on any atom is -0.490 e. The van der Waals surface area contributed by atoms with Gasteiger partial charge in [-0.25, -0.2) is 9.79 Å².